The number of ether oxygens (including phenoxy) is 2. The van der Waals surface area contributed by atoms with E-state index in [1.165, 1.54) is 0 Å². The van der Waals surface area contributed by atoms with Gasteiger partial charge in [0.05, 0.1) is 19.1 Å². The summed E-state index contributed by atoms with van der Waals surface area (Å²) in [4.78, 5) is 13.2. The summed E-state index contributed by atoms with van der Waals surface area (Å²) in [6.45, 7) is 1.58. The summed E-state index contributed by atoms with van der Waals surface area (Å²) in [5.41, 5.74) is 0.702. The van der Waals surface area contributed by atoms with Crippen LogP contribution in [0.2, 0.25) is 0 Å². The van der Waals surface area contributed by atoms with Crippen molar-refractivity contribution in [3.05, 3.63) is 23.8 Å². The zero-order valence-corrected chi connectivity index (χ0v) is 12.6. The van der Waals surface area contributed by atoms with E-state index < -0.39 is 12.1 Å². The Bertz CT molecular complexity index is 561. The van der Waals surface area contributed by atoms with Crippen LogP contribution in [0.25, 0.3) is 0 Å². The van der Waals surface area contributed by atoms with Crippen LogP contribution >= 0.6 is 0 Å². The number of rotatable bonds is 3. The van der Waals surface area contributed by atoms with Gasteiger partial charge >= 0.3 is 5.97 Å². The lowest BCUT2D eigenvalue weighted by atomic mass is 9.92. The standard InChI is InChI=1S/C16H21NO5/c1-21-13-6-2-5-11-14(18)12(9-22-15(11)13)17-7-3-4-10(8-17)16(19)20/h2,5-6,10,12,14,18H,3-4,7-9H2,1H3,(H,19,20). The molecule has 3 rings (SSSR count). The summed E-state index contributed by atoms with van der Waals surface area (Å²) >= 11 is 0. The van der Waals surface area contributed by atoms with E-state index in [1.807, 2.05) is 17.0 Å². The molecule has 0 radical (unpaired) electrons. The summed E-state index contributed by atoms with van der Waals surface area (Å²) in [6, 6.07) is 5.23. The van der Waals surface area contributed by atoms with Gasteiger partial charge in [-0.3, -0.25) is 9.69 Å². The Morgan fingerprint density at radius 3 is 3.00 bits per heavy atom. The van der Waals surface area contributed by atoms with Crippen LogP contribution < -0.4 is 9.47 Å². The van der Waals surface area contributed by atoms with E-state index in [0.29, 0.717) is 36.6 Å². The molecule has 1 aromatic rings. The van der Waals surface area contributed by atoms with Crippen LogP contribution in [-0.4, -0.2) is 53.9 Å². The van der Waals surface area contributed by atoms with Crippen molar-refractivity contribution in [2.75, 3.05) is 26.8 Å². The summed E-state index contributed by atoms with van der Waals surface area (Å²) < 4.78 is 11.1. The van der Waals surface area contributed by atoms with Crippen molar-refractivity contribution in [2.24, 2.45) is 5.92 Å². The SMILES string of the molecule is COc1cccc2c1OCC(N1CCCC(C(=O)O)C1)C2O. The molecule has 0 saturated carbocycles. The summed E-state index contributed by atoms with van der Waals surface area (Å²) in [5.74, 6) is 0.0586. The second-order valence-electron chi connectivity index (χ2n) is 5.87. The van der Waals surface area contributed by atoms with E-state index in [-0.39, 0.29) is 12.0 Å². The molecule has 3 atom stereocenters. The first-order chi connectivity index (χ1) is 10.6. The number of piperidine rings is 1. The molecule has 2 N–H and O–H groups in total. The van der Waals surface area contributed by atoms with E-state index in [0.717, 1.165) is 13.0 Å². The van der Waals surface area contributed by atoms with Gasteiger partial charge in [0.2, 0.25) is 0 Å². The maximum absolute atomic E-state index is 11.2. The lowest BCUT2D eigenvalue weighted by Gasteiger charge is -2.41. The molecule has 0 bridgehead atoms. The van der Waals surface area contributed by atoms with E-state index in [1.54, 1.807) is 13.2 Å². The molecular weight excluding hydrogens is 286 g/mol. The number of aliphatic carboxylic acids is 1. The van der Waals surface area contributed by atoms with Crippen molar-refractivity contribution in [2.45, 2.75) is 25.0 Å². The third kappa shape index (κ3) is 2.64. The molecule has 0 aliphatic carbocycles. The third-order valence-corrected chi connectivity index (χ3v) is 4.58. The molecule has 0 aromatic heterocycles. The molecule has 2 aliphatic heterocycles. The fourth-order valence-electron chi connectivity index (χ4n) is 3.36. The number of methoxy groups -OCH3 is 1. The Hall–Kier alpha value is -1.79. The highest BCUT2D eigenvalue weighted by atomic mass is 16.5. The molecule has 2 aliphatic rings. The van der Waals surface area contributed by atoms with Crippen LogP contribution in [-0.2, 0) is 4.79 Å². The highest BCUT2D eigenvalue weighted by molar-refractivity contribution is 5.70. The predicted octanol–water partition coefficient (Wildman–Crippen LogP) is 1.29. The highest BCUT2D eigenvalue weighted by Crippen LogP contribution is 2.41. The third-order valence-electron chi connectivity index (χ3n) is 4.58. The Balaban J connectivity index is 1.80. The smallest absolute Gasteiger partial charge is 0.307 e. The molecule has 6 heteroatoms. The minimum atomic E-state index is -0.766. The molecular formula is C16H21NO5. The van der Waals surface area contributed by atoms with Crippen LogP contribution in [0.4, 0.5) is 0 Å². The second kappa shape index (κ2) is 6.14. The Labute approximate surface area is 129 Å². The first-order valence-electron chi connectivity index (χ1n) is 7.56. The molecule has 0 spiro atoms. The molecule has 1 saturated heterocycles. The minimum Gasteiger partial charge on any atom is -0.493 e. The lowest BCUT2D eigenvalue weighted by Crippen LogP contribution is -2.51. The van der Waals surface area contributed by atoms with Gasteiger partial charge in [0, 0.05) is 12.1 Å². The van der Waals surface area contributed by atoms with E-state index in [4.69, 9.17) is 9.47 Å². The fraction of sp³-hybridized carbons (Fsp3) is 0.562. The molecule has 2 heterocycles. The number of benzene rings is 1. The first kappa shape index (κ1) is 15.1. The van der Waals surface area contributed by atoms with Crippen LogP contribution in [0.3, 0.4) is 0 Å². The number of nitrogens with zero attached hydrogens (tertiary/aromatic N) is 1. The molecule has 22 heavy (non-hydrogen) atoms. The van der Waals surface area contributed by atoms with Crippen LogP contribution in [0.1, 0.15) is 24.5 Å². The quantitative estimate of drug-likeness (QED) is 0.876. The monoisotopic (exact) mass is 307 g/mol. The Kier molecular flexibility index (Phi) is 4.22. The normalized spacial score (nSPS) is 28.5. The largest absolute Gasteiger partial charge is 0.493 e. The van der Waals surface area contributed by atoms with Crippen LogP contribution in [0.15, 0.2) is 18.2 Å². The van der Waals surface area contributed by atoms with Crippen molar-refractivity contribution in [1.29, 1.82) is 0 Å². The van der Waals surface area contributed by atoms with Gasteiger partial charge in [-0.15, -0.1) is 0 Å². The van der Waals surface area contributed by atoms with Gasteiger partial charge < -0.3 is 19.7 Å². The molecule has 120 valence electrons. The van der Waals surface area contributed by atoms with E-state index in [9.17, 15) is 15.0 Å². The van der Waals surface area contributed by atoms with Gasteiger partial charge in [-0.1, -0.05) is 12.1 Å². The Morgan fingerprint density at radius 2 is 2.27 bits per heavy atom. The van der Waals surface area contributed by atoms with Gasteiger partial charge in [-0.2, -0.15) is 0 Å². The zero-order valence-electron chi connectivity index (χ0n) is 12.6. The topological polar surface area (TPSA) is 79.2 Å². The lowest BCUT2D eigenvalue weighted by molar-refractivity contribution is -0.144. The maximum atomic E-state index is 11.2. The molecule has 0 amide bonds. The average Bonchev–Trinajstić information content (AvgIpc) is 2.55. The number of aliphatic hydroxyl groups excluding tert-OH is 1. The molecule has 3 unspecified atom stereocenters. The number of likely N-dealkylation sites (tertiary alicyclic amines) is 1. The average molecular weight is 307 g/mol. The van der Waals surface area contributed by atoms with Crippen molar-refractivity contribution in [3.63, 3.8) is 0 Å². The number of hydrogen-bond donors (Lipinski definition) is 2. The van der Waals surface area contributed by atoms with Crippen LogP contribution in [0, 0.1) is 5.92 Å². The number of aliphatic hydroxyl groups is 1. The first-order valence-corrected chi connectivity index (χ1v) is 7.56. The number of para-hydroxylation sites is 1. The van der Waals surface area contributed by atoms with Gasteiger partial charge in [0.15, 0.2) is 11.5 Å². The van der Waals surface area contributed by atoms with Crippen molar-refractivity contribution < 1.29 is 24.5 Å². The second-order valence-corrected chi connectivity index (χ2v) is 5.87. The minimum absolute atomic E-state index is 0.221. The Morgan fingerprint density at radius 1 is 1.45 bits per heavy atom. The number of carboxylic acids is 1. The summed E-state index contributed by atoms with van der Waals surface area (Å²) in [6.07, 6.45) is 0.817. The van der Waals surface area contributed by atoms with Gasteiger partial charge in [0.1, 0.15) is 12.7 Å². The number of carboxylic acid groups (broad SMARTS) is 1. The van der Waals surface area contributed by atoms with Gasteiger partial charge in [-0.25, -0.2) is 0 Å². The van der Waals surface area contributed by atoms with Crippen molar-refractivity contribution in [1.82, 2.24) is 4.90 Å². The summed E-state index contributed by atoms with van der Waals surface area (Å²) in [5, 5.41) is 19.9. The number of fused-ring (bicyclic) bond motifs is 1. The van der Waals surface area contributed by atoms with Gasteiger partial charge in [-0.05, 0) is 25.5 Å². The summed E-state index contributed by atoms with van der Waals surface area (Å²) in [7, 11) is 1.57. The highest BCUT2D eigenvalue weighted by Gasteiger charge is 2.38. The predicted molar refractivity (Wildman–Crippen MR) is 79.2 cm³/mol. The number of carbonyl (C=O) groups is 1. The zero-order chi connectivity index (χ0) is 15.7. The van der Waals surface area contributed by atoms with E-state index in [2.05, 4.69) is 0 Å². The van der Waals surface area contributed by atoms with Crippen molar-refractivity contribution in [3.8, 4) is 11.5 Å². The number of hydrogen-bond acceptors (Lipinski definition) is 5. The maximum Gasteiger partial charge on any atom is 0.307 e. The molecule has 1 fully saturated rings. The molecule has 6 nitrogen and oxygen atoms in total. The molecule has 1 aromatic carbocycles. The van der Waals surface area contributed by atoms with Crippen LogP contribution in [0.5, 0.6) is 11.5 Å². The fourth-order valence-corrected chi connectivity index (χ4v) is 3.36. The van der Waals surface area contributed by atoms with Crippen molar-refractivity contribution >= 4 is 5.97 Å². The van der Waals surface area contributed by atoms with E-state index >= 15 is 0 Å². The van der Waals surface area contributed by atoms with Gasteiger partial charge in [0.25, 0.3) is 0 Å².